The van der Waals surface area contributed by atoms with Crippen molar-refractivity contribution in [2.75, 3.05) is 0 Å². The first-order valence-corrected chi connectivity index (χ1v) is 9.92. The van der Waals surface area contributed by atoms with Crippen molar-refractivity contribution < 1.29 is 18.3 Å². The lowest BCUT2D eigenvalue weighted by Gasteiger charge is -2.11. The van der Waals surface area contributed by atoms with Gasteiger partial charge in [0.1, 0.15) is 0 Å². The predicted octanol–water partition coefficient (Wildman–Crippen LogP) is 5.19. The molecule has 0 amide bonds. The molecule has 0 aliphatic carbocycles. The number of ether oxygens (including phenoxy) is 1. The molecule has 0 aliphatic rings. The van der Waals surface area contributed by atoms with Crippen LogP contribution in [0.15, 0.2) is 64.4 Å². The van der Waals surface area contributed by atoms with Gasteiger partial charge in [0, 0.05) is 22.7 Å². The highest BCUT2D eigenvalue weighted by Crippen LogP contribution is 2.30. The van der Waals surface area contributed by atoms with Gasteiger partial charge in [-0.25, -0.2) is 4.39 Å². The van der Waals surface area contributed by atoms with Crippen molar-refractivity contribution >= 4 is 28.4 Å². The van der Waals surface area contributed by atoms with E-state index in [2.05, 4.69) is 15.2 Å². The SMILES string of the molecule is C[C@@H](Sc1nnc([C@@H](C)Oc2ccccc2F)o1)C(=O)c1c[nH]c2ccccc12. The summed E-state index contributed by atoms with van der Waals surface area (Å²) >= 11 is 1.17. The number of ketones is 1. The molecular weight excluding hydrogens is 393 g/mol. The molecule has 0 aliphatic heterocycles. The molecule has 2 aromatic carbocycles. The first-order valence-electron chi connectivity index (χ1n) is 9.04. The summed E-state index contributed by atoms with van der Waals surface area (Å²) in [5.41, 5.74) is 1.53. The Morgan fingerprint density at radius 2 is 1.90 bits per heavy atom. The quantitative estimate of drug-likeness (QED) is 0.333. The smallest absolute Gasteiger partial charge is 0.277 e. The second-order valence-electron chi connectivity index (χ2n) is 6.47. The monoisotopic (exact) mass is 411 g/mol. The second kappa shape index (κ2) is 8.08. The number of carbonyl (C=O) groups excluding carboxylic acids is 1. The van der Waals surface area contributed by atoms with E-state index in [0.29, 0.717) is 5.56 Å². The first-order chi connectivity index (χ1) is 14.0. The summed E-state index contributed by atoms with van der Waals surface area (Å²) in [5, 5.41) is 8.65. The average molecular weight is 411 g/mol. The minimum Gasteiger partial charge on any atom is -0.478 e. The molecule has 6 nitrogen and oxygen atoms in total. The predicted molar refractivity (Wildman–Crippen MR) is 108 cm³/mol. The van der Waals surface area contributed by atoms with Crippen LogP contribution < -0.4 is 4.74 Å². The van der Waals surface area contributed by atoms with Gasteiger partial charge in [0.25, 0.3) is 11.1 Å². The fraction of sp³-hybridized carbons (Fsp3) is 0.190. The molecule has 0 bridgehead atoms. The van der Waals surface area contributed by atoms with Crippen LogP contribution in [-0.2, 0) is 0 Å². The molecule has 0 spiro atoms. The molecule has 0 fully saturated rings. The maximum atomic E-state index is 13.7. The zero-order chi connectivity index (χ0) is 20.4. The van der Waals surface area contributed by atoms with E-state index in [-0.39, 0.29) is 22.6 Å². The third-order valence-corrected chi connectivity index (χ3v) is 5.35. The van der Waals surface area contributed by atoms with Crippen LogP contribution in [0.3, 0.4) is 0 Å². The summed E-state index contributed by atoms with van der Waals surface area (Å²) in [6, 6.07) is 13.7. The van der Waals surface area contributed by atoms with Crippen molar-refractivity contribution in [1.82, 2.24) is 15.2 Å². The number of para-hydroxylation sites is 2. The van der Waals surface area contributed by atoms with Crippen LogP contribution >= 0.6 is 11.8 Å². The molecular formula is C21H18FN3O3S. The van der Waals surface area contributed by atoms with Gasteiger partial charge < -0.3 is 14.1 Å². The highest BCUT2D eigenvalue weighted by molar-refractivity contribution is 8.00. The van der Waals surface area contributed by atoms with Crippen molar-refractivity contribution in [3.63, 3.8) is 0 Å². The molecule has 4 rings (SSSR count). The van der Waals surface area contributed by atoms with E-state index in [1.165, 1.54) is 23.9 Å². The Balaban J connectivity index is 1.44. The van der Waals surface area contributed by atoms with Crippen LogP contribution in [0.4, 0.5) is 4.39 Å². The van der Waals surface area contributed by atoms with E-state index in [1.807, 2.05) is 24.3 Å². The molecule has 0 saturated carbocycles. The zero-order valence-electron chi connectivity index (χ0n) is 15.8. The number of thioether (sulfide) groups is 1. The molecule has 2 atom stereocenters. The number of aromatic nitrogens is 3. The Morgan fingerprint density at radius 3 is 2.72 bits per heavy atom. The molecule has 4 aromatic rings. The van der Waals surface area contributed by atoms with E-state index in [4.69, 9.17) is 9.15 Å². The van der Waals surface area contributed by atoms with Crippen LogP contribution in [0.1, 0.15) is 36.2 Å². The number of H-pyrrole nitrogens is 1. The van der Waals surface area contributed by atoms with Gasteiger partial charge in [-0.05, 0) is 32.0 Å². The van der Waals surface area contributed by atoms with Gasteiger partial charge in [0.05, 0.1) is 5.25 Å². The summed E-state index contributed by atoms with van der Waals surface area (Å²) in [7, 11) is 0. The standard InChI is InChI=1S/C21H18FN3O3S/c1-12(27-18-10-6-4-8-16(18)22)20-24-25-21(28-20)29-13(2)19(26)15-11-23-17-9-5-3-7-14(15)17/h3-13,23H,1-2H3/t12-,13-/m1/s1. The number of hydrogen-bond donors (Lipinski definition) is 1. The van der Waals surface area contributed by atoms with E-state index >= 15 is 0 Å². The summed E-state index contributed by atoms with van der Waals surface area (Å²) in [6.45, 7) is 3.48. The lowest BCUT2D eigenvalue weighted by Crippen LogP contribution is -2.13. The second-order valence-corrected chi connectivity index (χ2v) is 7.76. The van der Waals surface area contributed by atoms with Gasteiger partial charge in [0.15, 0.2) is 23.5 Å². The molecule has 0 unspecified atom stereocenters. The van der Waals surface area contributed by atoms with Crippen LogP contribution in [-0.4, -0.2) is 26.2 Å². The van der Waals surface area contributed by atoms with Gasteiger partial charge in [-0.15, -0.1) is 10.2 Å². The van der Waals surface area contributed by atoms with Crippen molar-refractivity contribution in [2.24, 2.45) is 0 Å². The highest BCUT2D eigenvalue weighted by Gasteiger charge is 2.23. The Hall–Kier alpha value is -3.13. The summed E-state index contributed by atoms with van der Waals surface area (Å²) in [6.07, 6.45) is 1.08. The topological polar surface area (TPSA) is 81.0 Å². The lowest BCUT2D eigenvalue weighted by molar-refractivity contribution is 0.0995. The highest BCUT2D eigenvalue weighted by atomic mass is 32.2. The molecule has 1 N–H and O–H groups in total. The summed E-state index contributed by atoms with van der Waals surface area (Å²) in [5.74, 6) is -0.188. The van der Waals surface area contributed by atoms with Crippen LogP contribution in [0.5, 0.6) is 5.75 Å². The number of hydrogen-bond acceptors (Lipinski definition) is 6. The third kappa shape index (κ3) is 4.02. The summed E-state index contributed by atoms with van der Waals surface area (Å²) in [4.78, 5) is 16.0. The fourth-order valence-electron chi connectivity index (χ4n) is 2.91. The fourth-order valence-corrected chi connectivity index (χ4v) is 3.67. The van der Waals surface area contributed by atoms with Gasteiger partial charge >= 0.3 is 0 Å². The van der Waals surface area contributed by atoms with Crippen LogP contribution in [0.2, 0.25) is 0 Å². The van der Waals surface area contributed by atoms with Crippen LogP contribution in [0, 0.1) is 5.82 Å². The average Bonchev–Trinajstić information content (AvgIpc) is 3.36. The molecule has 0 radical (unpaired) electrons. The maximum absolute atomic E-state index is 13.7. The lowest BCUT2D eigenvalue weighted by atomic mass is 10.1. The normalized spacial score (nSPS) is 13.3. The number of halogens is 1. The minimum absolute atomic E-state index is 0.0390. The Labute approximate surface area is 170 Å². The van der Waals surface area contributed by atoms with E-state index in [9.17, 15) is 9.18 Å². The van der Waals surface area contributed by atoms with E-state index in [1.54, 1.807) is 32.2 Å². The number of nitrogens with one attached hydrogen (secondary N) is 1. The molecule has 29 heavy (non-hydrogen) atoms. The van der Waals surface area contributed by atoms with E-state index < -0.39 is 17.2 Å². The number of fused-ring (bicyclic) bond motifs is 1. The maximum Gasteiger partial charge on any atom is 0.277 e. The molecule has 148 valence electrons. The summed E-state index contributed by atoms with van der Waals surface area (Å²) < 4.78 is 24.9. The van der Waals surface area contributed by atoms with Gasteiger partial charge in [-0.1, -0.05) is 42.1 Å². The first kappa shape index (κ1) is 19.2. The molecule has 0 saturated heterocycles. The third-order valence-electron chi connectivity index (χ3n) is 4.41. The van der Waals surface area contributed by atoms with Crippen molar-refractivity contribution in [3.8, 4) is 5.75 Å². The number of Topliss-reactive ketones (excluding diaryl/α,β-unsaturated/α-hetero) is 1. The number of carbonyl (C=O) groups is 1. The van der Waals surface area contributed by atoms with Crippen molar-refractivity contribution in [1.29, 1.82) is 0 Å². The zero-order valence-corrected chi connectivity index (χ0v) is 16.6. The number of nitrogens with zero attached hydrogens (tertiary/aromatic N) is 2. The van der Waals surface area contributed by atoms with Gasteiger partial charge in [-0.3, -0.25) is 4.79 Å². The van der Waals surface area contributed by atoms with Crippen LogP contribution in [0.25, 0.3) is 10.9 Å². The van der Waals surface area contributed by atoms with Crippen molar-refractivity contribution in [2.45, 2.75) is 30.4 Å². The van der Waals surface area contributed by atoms with Crippen molar-refractivity contribution in [3.05, 3.63) is 72.0 Å². The minimum atomic E-state index is -0.631. The van der Waals surface area contributed by atoms with Gasteiger partial charge in [-0.2, -0.15) is 0 Å². The number of benzene rings is 2. The Morgan fingerprint density at radius 1 is 1.14 bits per heavy atom. The largest absolute Gasteiger partial charge is 0.478 e. The number of aromatic amines is 1. The molecule has 2 aromatic heterocycles. The Kier molecular flexibility index (Phi) is 5.35. The molecule has 2 heterocycles. The van der Waals surface area contributed by atoms with E-state index in [0.717, 1.165) is 10.9 Å². The molecule has 8 heteroatoms. The van der Waals surface area contributed by atoms with Gasteiger partial charge in [0.2, 0.25) is 0 Å². The Bertz CT molecular complexity index is 1160. The number of rotatable bonds is 7.